The molecule has 19 heavy (non-hydrogen) atoms. The molecule has 0 bridgehead atoms. The van der Waals surface area contributed by atoms with Crippen LogP contribution in [0.2, 0.25) is 0 Å². The van der Waals surface area contributed by atoms with Gasteiger partial charge in [-0.1, -0.05) is 0 Å². The van der Waals surface area contributed by atoms with E-state index in [-0.39, 0.29) is 10.6 Å². The number of carboxylic acid groups (broad SMARTS) is 1. The summed E-state index contributed by atoms with van der Waals surface area (Å²) >= 11 is 0. The Morgan fingerprint density at radius 1 is 1.26 bits per heavy atom. The first-order valence-corrected chi connectivity index (χ1v) is 6.25. The number of hydrogen-bond donors (Lipinski definition) is 3. The summed E-state index contributed by atoms with van der Waals surface area (Å²) < 4.78 is 31.4. The maximum absolute atomic E-state index is 10.8. The first kappa shape index (κ1) is 13.1. The molecule has 1 aromatic heterocycles. The highest BCUT2D eigenvalue weighted by Gasteiger charge is 2.15. The predicted molar refractivity (Wildman–Crippen MR) is 60.8 cm³/mol. The summed E-state index contributed by atoms with van der Waals surface area (Å²) in [4.78, 5) is 10.3. The molecule has 0 unspecified atom stereocenters. The van der Waals surface area contributed by atoms with E-state index in [1.54, 1.807) is 0 Å². The van der Waals surface area contributed by atoms with Gasteiger partial charge in [0.2, 0.25) is 5.88 Å². The number of hydrogen-bond acceptors (Lipinski definition) is 5. The first-order chi connectivity index (χ1) is 8.79. The van der Waals surface area contributed by atoms with Crippen LogP contribution in [0.4, 0.5) is 0 Å². The fourth-order valence-corrected chi connectivity index (χ4v) is 1.85. The number of carboxylic acids is 1. The highest BCUT2D eigenvalue weighted by Crippen LogP contribution is 2.19. The molecule has 2 rings (SSSR count). The molecule has 0 saturated heterocycles. The topological polar surface area (TPSA) is 130 Å². The van der Waals surface area contributed by atoms with Crippen molar-refractivity contribution in [2.24, 2.45) is 0 Å². The average molecular weight is 283 g/mol. The van der Waals surface area contributed by atoms with Crippen molar-refractivity contribution < 1.29 is 28.0 Å². The second-order valence-electron chi connectivity index (χ2n) is 3.48. The lowest BCUT2D eigenvalue weighted by atomic mass is 10.3. The van der Waals surface area contributed by atoms with Crippen LogP contribution in [0, 0.1) is 6.07 Å². The van der Waals surface area contributed by atoms with Crippen molar-refractivity contribution in [3.63, 3.8) is 0 Å². The minimum atomic E-state index is -4.31. The van der Waals surface area contributed by atoms with Crippen LogP contribution in [0.1, 0.15) is 10.5 Å². The Balaban J connectivity index is 2.46. The van der Waals surface area contributed by atoms with Crippen molar-refractivity contribution >= 4 is 16.1 Å². The van der Waals surface area contributed by atoms with Gasteiger partial charge in [0.1, 0.15) is 0 Å². The van der Waals surface area contributed by atoms with Crippen LogP contribution in [-0.4, -0.2) is 38.9 Å². The fourth-order valence-electron chi connectivity index (χ4n) is 1.37. The van der Waals surface area contributed by atoms with Gasteiger partial charge in [0.05, 0.1) is 16.6 Å². The molecule has 1 aromatic carbocycles. The third-order valence-corrected chi connectivity index (χ3v) is 3.08. The summed E-state index contributed by atoms with van der Waals surface area (Å²) in [5.41, 5.74) is -0.259. The van der Waals surface area contributed by atoms with E-state index < -0.39 is 27.7 Å². The van der Waals surface area contributed by atoms with Gasteiger partial charge in [0, 0.05) is 0 Å². The molecule has 0 amide bonds. The number of benzene rings is 1. The molecule has 9 heteroatoms. The van der Waals surface area contributed by atoms with Crippen LogP contribution < -0.4 is 0 Å². The number of aromatic hydroxyl groups is 1. The Morgan fingerprint density at radius 3 is 2.26 bits per heavy atom. The Kier molecular flexibility index (Phi) is 3.00. The van der Waals surface area contributed by atoms with Crippen molar-refractivity contribution in [3.05, 3.63) is 36.0 Å². The third-order valence-electron chi connectivity index (χ3n) is 2.21. The zero-order chi connectivity index (χ0) is 14.2. The zero-order valence-corrected chi connectivity index (χ0v) is 9.99. The molecule has 0 aliphatic rings. The lowest BCUT2D eigenvalue weighted by molar-refractivity contribution is 0.0689. The summed E-state index contributed by atoms with van der Waals surface area (Å²) in [6.45, 7) is 0. The van der Waals surface area contributed by atoms with E-state index in [0.29, 0.717) is 0 Å². The average Bonchev–Trinajstić information content (AvgIpc) is 2.70. The lowest BCUT2D eigenvalue weighted by Gasteiger charge is -2.03. The molecule has 0 saturated carbocycles. The Hall–Kier alpha value is -2.39. The molecule has 0 atom stereocenters. The molecule has 0 aliphatic heterocycles. The Bertz CT molecular complexity index is 732. The molecule has 0 aliphatic carbocycles. The van der Waals surface area contributed by atoms with Gasteiger partial charge in [-0.15, -0.1) is 0 Å². The van der Waals surface area contributed by atoms with Gasteiger partial charge in [-0.05, 0) is 24.3 Å². The van der Waals surface area contributed by atoms with Crippen molar-refractivity contribution in [2.75, 3.05) is 0 Å². The highest BCUT2D eigenvalue weighted by atomic mass is 32.2. The van der Waals surface area contributed by atoms with E-state index in [1.165, 1.54) is 12.1 Å². The Labute approximate surface area is 107 Å². The van der Waals surface area contributed by atoms with Crippen molar-refractivity contribution in [2.45, 2.75) is 4.90 Å². The maximum Gasteiger partial charge on any atom is 0.357 e. The minimum Gasteiger partial charge on any atom is -0.493 e. The van der Waals surface area contributed by atoms with E-state index in [1.807, 2.05) is 0 Å². The highest BCUT2D eigenvalue weighted by molar-refractivity contribution is 7.85. The van der Waals surface area contributed by atoms with E-state index in [9.17, 15) is 18.3 Å². The molecule has 1 radical (unpaired) electrons. The summed E-state index contributed by atoms with van der Waals surface area (Å²) in [6.07, 6.45) is 0. The SMILES string of the molecule is O=C(O)c1[c]c(O)n(-c2ccc(S(=O)(=O)O)cc2)n1. The molecular formula is C10H7N2O6S. The molecular weight excluding hydrogens is 276 g/mol. The lowest BCUT2D eigenvalue weighted by Crippen LogP contribution is -2.02. The fraction of sp³-hybridized carbons (Fsp3) is 0. The summed E-state index contributed by atoms with van der Waals surface area (Å²) in [5, 5.41) is 21.7. The molecule has 3 N–H and O–H groups in total. The van der Waals surface area contributed by atoms with Crippen LogP contribution >= 0.6 is 0 Å². The molecule has 0 spiro atoms. The molecule has 0 fully saturated rings. The van der Waals surface area contributed by atoms with Gasteiger partial charge in [-0.2, -0.15) is 18.2 Å². The van der Waals surface area contributed by atoms with E-state index in [4.69, 9.17) is 9.66 Å². The predicted octanol–water partition coefficient (Wildman–Crippen LogP) is 0.323. The van der Waals surface area contributed by atoms with Crippen LogP contribution in [0.15, 0.2) is 29.2 Å². The second-order valence-corrected chi connectivity index (χ2v) is 4.90. The zero-order valence-electron chi connectivity index (χ0n) is 9.18. The number of aromatic carboxylic acids is 1. The van der Waals surface area contributed by atoms with Crippen molar-refractivity contribution in [3.8, 4) is 11.6 Å². The smallest absolute Gasteiger partial charge is 0.357 e. The molecule has 8 nitrogen and oxygen atoms in total. The summed E-state index contributed by atoms with van der Waals surface area (Å²) in [6, 6.07) is 6.80. The van der Waals surface area contributed by atoms with Gasteiger partial charge < -0.3 is 10.2 Å². The van der Waals surface area contributed by atoms with Gasteiger partial charge in [-0.3, -0.25) is 4.55 Å². The second kappa shape index (κ2) is 4.37. The van der Waals surface area contributed by atoms with Crippen molar-refractivity contribution in [1.29, 1.82) is 0 Å². The van der Waals surface area contributed by atoms with E-state index >= 15 is 0 Å². The number of rotatable bonds is 3. The van der Waals surface area contributed by atoms with Gasteiger partial charge in [-0.25, -0.2) is 4.79 Å². The standard InChI is InChI=1S/C10H7N2O6S/c13-9-5-8(10(14)15)11-12(9)6-1-3-7(4-2-6)19(16,17)18/h1-4,13H,(H,14,15)(H,16,17,18). The normalized spacial score (nSPS) is 11.4. The van der Waals surface area contributed by atoms with Crippen LogP contribution in [0.25, 0.3) is 5.69 Å². The first-order valence-electron chi connectivity index (χ1n) is 4.81. The van der Waals surface area contributed by atoms with Crippen LogP contribution in [0.3, 0.4) is 0 Å². The van der Waals surface area contributed by atoms with Crippen LogP contribution in [0.5, 0.6) is 5.88 Å². The monoisotopic (exact) mass is 283 g/mol. The molecule has 99 valence electrons. The minimum absolute atomic E-state index is 0.216. The molecule has 1 heterocycles. The van der Waals surface area contributed by atoms with Gasteiger partial charge in [0.25, 0.3) is 10.1 Å². The van der Waals surface area contributed by atoms with E-state index in [0.717, 1.165) is 16.8 Å². The van der Waals surface area contributed by atoms with E-state index in [2.05, 4.69) is 11.2 Å². The largest absolute Gasteiger partial charge is 0.493 e. The summed E-state index contributed by atoms with van der Waals surface area (Å²) in [5.74, 6) is -1.89. The quantitative estimate of drug-likeness (QED) is 0.691. The summed E-state index contributed by atoms with van der Waals surface area (Å²) in [7, 11) is -4.31. The number of nitrogens with zero attached hydrogens (tertiary/aromatic N) is 2. The van der Waals surface area contributed by atoms with Crippen LogP contribution in [-0.2, 0) is 10.1 Å². The Morgan fingerprint density at radius 2 is 1.84 bits per heavy atom. The molecule has 2 aromatic rings. The number of carbonyl (C=O) groups is 1. The van der Waals surface area contributed by atoms with Gasteiger partial charge >= 0.3 is 5.97 Å². The van der Waals surface area contributed by atoms with Crippen molar-refractivity contribution in [1.82, 2.24) is 9.78 Å². The third kappa shape index (κ3) is 2.56. The van der Waals surface area contributed by atoms with Gasteiger partial charge in [0.15, 0.2) is 5.69 Å². The maximum atomic E-state index is 10.8. The number of aromatic nitrogens is 2.